The Hall–Kier alpha value is -1.31. The van der Waals surface area contributed by atoms with Crippen molar-refractivity contribution in [1.29, 1.82) is 0 Å². The summed E-state index contributed by atoms with van der Waals surface area (Å²) in [7, 11) is 2.02. The number of rotatable bonds is 3. The number of likely N-dealkylation sites (N-methyl/N-ethyl adjacent to an activating group) is 1. The fourth-order valence-corrected chi connectivity index (χ4v) is 3.42. The monoisotopic (exact) mass is 271 g/mol. The first-order valence-electron chi connectivity index (χ1n) is 6.78. The molecule has 2 aromatic carbocycles. The van der Waals surface area contributed by atoms with E-state index < -0.39 is 0 Å². The van der Waals surface area contributed by atoms with Gasteiger partial charge in [-0.05, 0) is 48.2 Å². The van der Waals surface area contributed by atoms with E-state index in [1.54, 1.807) is 0 Å². The van der Waals surface area contributed by atoms with Gasteiger partial charge in [0.1, 0.15) is 0 Å². The van der Waals surface area contributed by atoms with Crippen molar-refractivity contribution in [3.63, 3.8) is 0 Å². The van der Waals surface area contributed by atoms with Crippen LogP contribution < -0.4 is 5.32 Å². The molecule has 3 rings (SSSR count). The van der Waals surface area contributed by atoms with E-state index in [9.17, 15) is 0 Å². The van der Waals surface area contributed by atoms with Crippen LogP contribution in [0.1, 0.15) is 34.9 Å². The van der Waals surface area contributed by atoms with Crippen LogP contribution in [-0.4, -0.2) is 13.6 Å². The highest BCUT2D eigenvalue weighted by molar-refractivity contribution is 6.30. The van der Waals surface area contributed by atoms with E-state index >= 15 is 0 Å². The second-order valence-corrected chi connectivity index (χ2v) is 5.66. The summed E-state index contributed by atoms with van der Waals surface area (Å²) in [5.74, 6) is 1.08. The molecular formula is C17H18ClN. The number of halogens is 1. The molecule has 0 saturated heterocycles. The summed E-state index contributed by atoms with van der Waals surface area (Å²) < 4.78 is 0. The Bertz CT molecular complexity index is 579. The molecule has 2 aromatic rings. The molecule has 0 spiro atoms. The quantitative estimate of drug-likeness (QED) is 0.883. The summed E-state index contributed by atoms with van der Waals surface area (Å²) in [6.45, 7) is 1.04. The SMILES string of the molecule is CNC[C@H]1C[C@@H](c2cccc(Cl)c2)c2ccccc21. The van der Waals surface area contributed by atoms with Gasteiger partial charge in [-0.25, -0.2) is 0 Å². The standard InChI is InChI=1S/C17H18ClN/c1-19-11-13-10-17(12-5-4-6-14(18)9-12)16-8-3-2-7-15(13)16/h2-9,13,17,19H,10-11H2,1H3/t13-,17+/m1/s1. The zero-order chi connectivity index (χ0) is 13.2. The molecule has 0 fully saturated rings. The summed E-state index contributed by atoms with van der Waals surface area (Å²) in [5, 5.41) is 4.13. The lowest BCUT2D eigenvalue weighted by atomic mass is 9.93. The molecule has 0 amide bonds. The zero-order valence-corrected chi connectivity index (χ0v) is 11.8. The first-order chi connectivity index (χ1) is 9.29. The van der Waals surface area contributed by atoms with Crippen molar-refractivity contribution in [1.82, 2.24) is 5.32 Å². The highest BCUT2D eigenvalue weighted by Crippen LogP contribution is 2.45. The van der Waals surface area contributed by atoms with Crippen LogP contribution in [-0.2, 0) is 0 Å². The fourth-order valence-electron chi connectivity index (χ4n) is 3.22. The highest BCUT2D eigenvalue weighted by Gasteiger charge is 2.30. The third kappa shape index (κ3) is 2.41. The van der Waals surface area contributed by atoms with Gasteiger partial charge in [0.15, 0.2) is 0 Å². The molecule has 2 heteroatoms. The average Bonchev–Trinajstić information content (AvgIpc) is 2.79. The van der Waals surface area contributed by atoms with Crippen molar-refractivity contribution >= 4 is 11.6 Å². The van der Waals surface area contributed by atoms with Gasteiger partial charge in [0.2, 0.25) is 0 Å². The Balaban J connectivity index is 2.00. The molecule has 1 N–H and O–H groups in total. The van der Waals surface area contributed by atoms with Crippen molar-refractivity contribution in [2.24, 2.45) is 0 Å². The summed E-state index contributed by atoms with van der Waals surface area (Å²) in [5.41, 5.74) is 4.28. The second kappa shape index (κ2) is 5.36. The van der Waals surface area contributed by atoms with Crippen LogP contribution in [0.25, 0.3) is 0 Å². The minimum atomic E-state index is 0.480. The molecule has 0 radical (unpaired) electrons. The number of hydrogen-bond donors (Lipinski definition) is 1. The second-order valence-electron chi connectivity index (χ2n) is 5.23. The molecule has 0 saturated carbocycles. The summed E-state index contributed by atoms with van der Waals surface area (Å²) in [6.07, 6.45) is 1.17. The van der Waals surface area contributed by atoms with Crippen LogP contribution in [0.2, 0.25) is 5.02 Å². The van der Waals surface area contributed by atoms with Crippen molar-refractivity contribution in [2.45, 2.75) is 18.3 Å². The summed E-state index contributed by atoms with van der Waals surface area (Å²) >= 11 is 6.14. The van der Waals surface area contributed by atoms with Crippen LogP contribution >= 0.6 is 11.6 Å². The lowest BCUT2D eigenvalue weighted by Crippen LogP contribution is -2.15. The Kier molecular flexibility index (Phi) is 3.58. The number of hydrogen-bond acceptors (Lipinski definition) is 1. The Morgan fingerprint density at radius 1 is 1.11 bits per heavy atom. The van der Waals surface area contributed by atoms with Gasteiger partial charge in [0.25, 0.3) is 0 Å². The Morgan fingerprint density at radius 2 is 1.89 bits per heavy atom. The first kappa shape index (κ1) is 12.7. The fraction of sp³-hybridized carbons (Fsp3) is 0.294. The van der Waals surface area contributed by atoms with Gasteiger partial charge in [0.05, 0.1) is 0 Å². The van der Waals surface area contributed by atoms with E-state index in [1.807, 2.05) is 19.2 Å². The smallest absolute Gasteiger partial charge is 0.0408 e. The topological polar surface area (TPSA) is 12.0 Å². The highest BCUT2D eigenvalue weighted by atomic mass is 35.5. The van der Waals surface area contributed by atoms with Crippen LogP contribution in [0.5, 0.6) is 0 Å². The Labute approximate surface area is 119 Å². The molecule has 0 aromatic heterocycles. The van der Waals surface area contributed by atoms with Gasteiger partial charge < -0.3 is 5.32 Å². The minimum absolute atomic E-state index is 0.480. The molecule has 1 nitrogen and oxygen atoms in total. The van der Waals surface area contributed by atoms with Gasteiger partial charge in [-0.3, -0.25) is 0 Å². The number of benzene rings is 2. The molecular weight excluding hydrogens is 254 g/mol. The molecule has 0 aliphatic heterocycles. The summed E-state index contributed by atoms with van der Waals surface area (Å²) in [6, 6.07) is 17.1. The third-order valence-electron chi connectivity index (χ3n) is 4.03. The van der Waals surface area contributed by atoms with Crippen molar-refractivity contribution in [2.75, 3.05) is 13.6 Å². The predicted octanol–water partition coefficient (Wildman–Crippen LogP) is 4.18. The lowest BCUT2D eigenvalue weighted by Gasteiger charge is -2.13. The molecule has 19 heavy (non-hydrogen) atoms. The largest absolute Gasteiger partial charge is 0.319 e. The van der Waals surface area contributed by atoms with Gasteiger partial charge in [-0.2, -0.15) is 0 Å². The van der Waals surface area contributed by atoms with E-state index in [2.05, 4.69) is 41.7 Å². The predicted molar refractivity (Wildman–Crippen MR) is 81.0 cm³/mol. The molecule has 98 valence electrons. The molecule has 1 aliphatic rings. The lowest BCUT2D eigenvalue weighted by molar-refractivity contribution is 0.597. The van der Waals surface area contributed by atoms with Crippen LogP contribution in [0.4, 0.5) is 0 Å². The zero-order valence-electron chi connectivity index (χ0n) is 11.1. The molecule has 0 bridgehead atoms. The van der Waals surface area contributed by atoms with Crippen LogP contribution in [0, 0.1) is 0 Å². The van der Waals surface area contributed by atoms with Gasteiger partial charge >= 0.3 is 0 Å². The van der Waals surface area contributed by atoms with Crippen LogP contribution in [0.3, 0.4) is 0 Å². The first-order valence-corrected chi connectivity index (χ1v) is 7.16. The van der Waals surface area contributed by atoms with E-state index in [-0.39, 0.29) is 0 Å². The average molecular weight is 272 g/mol. The number of fused-ring (bicyclic) bond motifs is 1. The maximum atomic E-state index is 6.14. The van der Waals surface area contributed by atoms with Gasteiger partial charge in [0, 0.05) is 17.5 Å². The van der Waals surface area contributed by atoms with Crippen molar-refractivity contribution in [3.05, 3.63) is 70.2 Å². The van der Waals surface area contributed by atoms with Gasteiger partial charge in [-0.15, -0.1) is 0 Å². The normalized spacial score (nSPS) is 21.4. The minimum Gasteiger partial charge on any atom is -0.319 e. The number of nitrogens with one attached hydrogen (secondary N) is 1. The van der Waals surface area contributed by atoms with Gasteiger partial charge in [-0.1, -0.05) is 48.0 Å². The molecule has 2 atom stereocenters. The van der Waals surface area contributed by atoms with E-state index in [4.69, 9.17) is 11.6 Å². The maximum absolute atomic E-state index is 6.14. The van der Waals surface area contributed by atoms with E-state index in [1.165, 1.54) is 23.1 Å². The Morgan fingerprint density at radius 3 is 2.63 bits per heavy atom. The van der Waals surface area contributed by atoms with Crippen LogP contribution in [0.15, 0.2) is 48.5 Å². The molecule has 0 heterocycles. The third-order valence-corrected chi connectivity index (χ3v) is 4.27. The van der Waals surface area contributed by atoms with E-state index in [0.717, 1.165) is 11.6 Å². The maximum Gasteiger partial charge on any atom is 0.0408 e. The molecule has 1 aliphatic carbocycles. The van der Waals surface area contributed by atoms with Crippen molar-refractivity contribution in [3.8, 4) is 0 Å². The van der Waals surface area contributed by atoms with E-state index in [0.29, 0.717) is 11.8 Å². The van der Waals surface area contributed by atoms with Crippen molar-refractivity contribution < 1.29 is 0 Å². The summed E-state index contributed by atoms with van der Waals surface area (Å²) in [4.78, 5) is 0. The molecule has 0 unspecified atom stereocenters.